The van der Waals surface area contributed by atoms with E-state index in [1.165, 1.54) is 0 Å². The van der Waals surface area contributed by atoms with Crippen LogP contribution in [0.25, 0.3) is 0 Å². The Morgan fingerprint density at radius 3 is 2.47 bits per heavy atom. The number of nitriles is 2. The summed E-state index contributed by atoms with van der Waals surface area (Å²) in [5.74, 6) is -0.438. The van der Waals surface area contributed by atoms with Gasteiger partial charge in [-0.1, -0.05) is 0 Å². The maximum Gasteiger partial charge on any atom is 0.353 e. The second-order valence-electron chi connectivity index (χ2n) is 2.86. The number of nitro groups is 1. The summed E-state index contributed by atoms with van der Waals surface area (Å²) in [6, 6.07) is 3.58. The van der Waals surface area contributed by atoms with Crippen molar-refractivity contribution in [1.82, 2.24) is 9.97 Å². The molecule has 0 atom stereocenters. The molecule has 9 nitrogen and oxygen atoms in total. The molecule has 0 radical (unpaired) electrons. The number of anilines is 2. The highest BCUT2D eigenvalue weighted by Crippen LogP contribution is 2.29. The van der Waals surface area contributed by atoms with Gasteiger partial charge in [0.1, 0.15) is 19.4 Å². The van der Waals surface area contributed by atoms with E-state index in [0.29, 0.717) is 0 Å². The molecule has 17 heavy (non-hydrogen) atoms. The highest BCUT2D eigenvalue weighted by molar-refractivity contribution is 5.68. The zero-order chi connectivity index (χ0) is 12.8. The van der Waals surface area contributed by atoms with Gasteiger partial charge in [0.2, 0.25) is 11.6 Å². The van der Waals surface area contributed by atoms with Crippen molar-refractivity contribution in [2.24, 2.45) is 0 Å². The summed E-state index contributed by atoms with van der Waals surface area (Å²) < 4.78 is 0. The van der Waals surface area contributed by atoms with Crippen molar-refractivity contribution in [3.63, 3.8) is 0 Å². The first kappa shape index (κ1) is 12.1. The fourth-order valence-corrected chi connectivity index (χ4v) is 1.17. The highest BCUT2D eigenvalue weighted by atomic mass is 16.6. The van der Waals surface area contributed by atoms with Gasteiger partial charge in [-0.25, -0.2) is 9.97 Å². The van der Waals surface area contributed by atoms with Crippen LogP contribution in [0, 0.1) is 32.8 Å². The van der Waals surface area contributed by atoms with Gasteiger partial charge in [0.15, 0.2) is 0 Å². The van der Waals surface area contributed by atoms with Gasteiger partial charge in [0.25, 0.3) is 0 Å². The van der Waals surface area contributed by atoms with Crippen LogP contribution < -0.4 is 10.6 Å². The van der Waals surface area contributed by atoms with Crippen LogP contribution in [-0.2, 0) is 0 Å². The molecule has 0 amide bonds. The topological polar surface area (TPSA) is 146 Å². The third-order valence-corrected chi connectivity index (χ3v) is 1.84. The molecule has 2 N–H and O–H groups in total. The summed E-state index contributed by atoms with van der Waals surface area (Å²) in [5, 5.41) is 28.0. The molecule has 0 fully saturated rings. The monoisotopic (exact) mass is 233 g/mol. The normalized spacial score (nSPS) is 9.06. The van der Waals surface area contributed by atoms with Gasteiger partial charge in [-0.2, -0.15) is 10.5 Å². The first-order valence-corrected chi connectivity index (χ1v) is 4.35. The molecule has 0 aliphatic carbocycles. The summed E-state index contributed by atoms with van der Waals surface area (Å²) in [4.78, 5) is 18.4. The number of nitrogens with two attached hydrogens (primary N) is 1. The zero-order valence-corrected chi connectivity index (χ0v) is 8.57. The maximum atomic E-state index is 10.8. The van der Waals surface area contributed by atoms with Crippen LogP contribution in [0.1, 0.15) is 0 Å². The summed E-state index contributed by atoms with van der Waals surface area (Å²) in [6.45, 7) is -0.407. The van der Waals surface area contributed by atoms with Crippen LogP contribution >= 0.6 is 0 Å². The summed E-state index contributed by atoms with van der Waals surface area (Å²) in [7, 11) is 0. The van der Waals surface area contributed by atoms with Crippen LogP contribution in [0.4, 0.5) is 17.3 Å². The predicted octanol–water partition coefficient (Wildman–Crippen LogP) is -0.179. The van der Waals surface area contributed by atoms with Gasteiger partial charge in [0, 0.05) is 0 Å². The standard InChI is InChI=1S/C8H7N7O2/c9-1-3-14(4-2-10)8-6(15(16)17)7(11)12-5-13-8/h5H,3-4H2,(H2,11,12,13). The number of hydrogen-bond donors (Lipinski definition) is 1. The first-order valence-electron chi connectivity index (χ1n) is 4.35. The maximum absolute atomic E-state index is 10.8. The van der Waals surface area contributed by atoms with E-state index < -0.39 is 10.6 Å². The lowest BCUT2D eigenvalue weighted by Gasteiger charge is -2.16. The Morgan fingerprint density at radius 2 is 2.00 bits per heavy atom. The lowest BCUT2D eigenvalue weighted by atomic mass is 10.4. The summed E-state index contributed by atoms with van der Waals surface area (Å²) in [5.41, 5.74) is 4.87. The van der Waals surface area contributed by atoms with E-state index >= 15 is 0 Å². The molecule has 1 rings (SSSR count). The fourth-order valence-electron chi connectivity index (χ4n) is 1.17. The second kappa shape index (κ2) is 5.23. The zero-order valence-electron chi connectivity index (χ0n) is 8.57. The van der Waals surface area contributed by atoms with Crippen LogP contribution in [0.2, 0.25) is 0 Å². The van der Waals surface area contributed by atoms with Gasteiger partial charge < -0.3 is 10.6 Å². The van der Waals surface area contributed by atoms with Gasteiger partial charge >= 0.3 is 5.69 Å². The molecule has 0 saturated heterocycles. The lowest BCUT2D eigenvalue weighted by Crippen LogP contribution is -2.26. The Balaban J connectivity index is 3.29. The number of hydrogen-bond acceptors (Lipinski definition) is 8. The van der Waals surface area contributed by atoms with Crippen molar-refractivity contribution in [2.45, 2.75) is 0 Å². The van der Waals surface area contributed by atoms with Crippen molar-refractivity contribution in [3.8, 4) is 12.1 Å². The summed E-state index contributed by atoms with van der Waals surface area (Å²) in [6.07, 6.45) is 1.04. The molecule has 86 valence electrons. The minimum Gasteiger partial charge on any atom is -0.378 e. The van der Waals surface area contributed by atoms with E-state index in [9.17, 15) is 10.1 Å². The van der Waals surface area contributed by atoms with E-state index in [0.717, 1.165) is 11.2 Å². The van der Waals surface area contributed by atoms with Crippen molar-refractivity contribution < 1.29 is 4.92 Å². The minimum atomic E-state index is -0.744. The smallest absolute Gasteiger partial charge is 0.353 e. The third kappa shape index (κ3) is 2.54. The fraction of sp³-hybridized carbons (Fsp3) is 0.250. The van der Waals surface area contributed by atoms with Crippen LogP contribution in [0.3, 0.4) is 0 Å². The van der Waals surface area contributed by atoms with Crippen molar-refractivity contribution in [2.75, 3.05) is 23.7 Å². The number of nitrogen functional groups attached to an aromatic ring is 1. The number of rotatable bonds is 4. The van der Waals surface area contributed by atoms with Gasteiger partial charge in [-0.3, -0.25) is 10.1 Å². The SMILES string of the molecule is N#CCN(CC#N)c1ncnc(N)c1[N+](=O)[O-]. The molecule has 1 heterocycles. The molecule has 1 aromatic rings. The van der Waals surface area contributed by atoms with Gasteiger partial charge in [0.05, 0.1) is 17.1 Å². The third-order valence-electron chi connectivity index (χ3n) is 1.84. The average Bonchev–Trinajstić information content (AvgIpc) is 2.28. The molecule has 9 heteroatoms. The van der Waals surface area contributed by atoms with E-state index in [1.807, 2.05) is 0 Å². The first-order chi connectivity index (χ1) is 8.11. The quantitative estimate of drug-likeness (QED) is 0.428. The van der Waals surface area contributed by atoms with E-state index in [2.05, 4.69) is 9.97 Å². The van der Waals surface area contributed by atoms with Crippen LogP contribution in [0.5, 0.6) is 0 Å². The number of aromatic nitrogens is 2. The lowest BCUT2D eigenvalue weighted by molar-refractivity contribution is -0.383. The molecule has 0 aliphatic heterocycles. The van der Waals surface area contributed by atoms with E-state index in [1.54, 1.807) is 12.1 Å². The van der Waals surface area contributed by atoms with Gasteiger partial charge in [-0.05, 0) is 0 Å². The average molecular weight is 233 g/mol. The molecule has 0 bridgehead atoms. The Kier molecular flexibility index (Phi) is 3.73. The molecule has 0 aliphatic rings. The molecular weight excluding hydrogens is 226 g/mol. The Labute approximate surface area is 95.9 Å². The second-order valence-corrected chi connectivity index (χ2v) is 2.86. The van der Waals surface area contributed by atoms with Crippen molar-refractivity contribution in [3.05, 3.63) is 16.4 Å². The minimum absolute atomic E-state index is 0.134. The van der Waals surface area contributed by atoms with E-state index in [4.69, 9.17) is 16.3 Å². The Bertz CT molecular complexity index is 500. The number of nitrogens with zero attached hydrogens (tertiary/aromatic N) is 6. The molecule has 1 aromatic heterocycles. The summed E-state index contributed by atoms with van der Waals surface area (Å²) >= 11 is 0. The van der Waals surface area contributed by atoms with E-state index in [-0.39, 0.29) is 24.7 Å². The molecular formula is C8H7N7O2. The Hall–Kier alpha value is -2.94. The predicted molar refractivity (Wildman–Crippen MR) is 56.5 cm³/mol. The van der Waals surface area contributed by atoms with Crippen molar-refractivity contribution in [1.29, 1.82) is 10.5 Å². The van der Waals surface area contributed by atoms with Gasteiger partial charge in [-0.15, -0.1) is 0 Å². The Morgan fingerprint density at radius 1 is 1.41 bits per heavy atom. The van der Waals surface area contributed by atoms with Crippen LogP contribution in [0.15, 0.2) is 6.33 Å². The van der Waals surface area contributed by atoms with Crippen molar-refractivity contribution >= 4 is 17.3 Å². The molecule has 0 aromatic carbocycles. The largest absolute Gasteiger partial charge is 0.378 e. The molecule has 0 unspecified atom stereocenters. The van der Waals surface area contributed by atoms with Crippen LogP contribution in [-0.4, -0.2) is 28.0 Å². The highest BCUT2D eigenvalue weighted by Gasteiger charge is 2.25. The molecule has 0 saturated carbocycles. The molecule has 0 spiro atoms.